The molecular weight excluding hydrogens is 264 g/mol. The summed E-state index contributed by atoms with van der Waals surface area (Å²) in [5, 5.41) is 8.77. The summed E-state index contributed by atoms with van der Waals surface area (Å²) in [6.45, 7) is 0.755. The van der Waals surface area contributed by atoms with Crippen LogP contribution >= 0.6 is 0 Å². The molecule has 0 atom stereocenters. The van der Waals surface area contributed by atoms with Gasteiger partial charge in [-0.1, -0.05) is 6.07 Å². The van der Waals surface area contributed by atoms with Crippen LogP contribution in [0.1, 0.15) is 15.9 Å². The van der Waals surface area contributed by atoms with Crippen molar-refractivity contribution in [3.8, 4) is 5.75 Å². The Balaban J connectivity index is 3.04. The Labute approximate surface area is 115 Å². The molecule has 0 aliphatic rings. The Hall–Kier alpha value is -2.57. The number of ether oxygens (including phenoxy) is 1. The molecule has 0 aliphatic carbocycles. The predicted molar refractivity (Wildman–Crippen MR) is 70.5 cm³/mol. The highest BCUT2D eigenvalue weighted by atomic mass is 16.5. The lowest BCUT2D eigenvalue weighted by Gasteiger charge is -2.19. The van der Waals surface area contributed by atoms with Gasteiger partial charge in [0.15, 0.2) is 0 Å². The van der Waals surface area contributed by atoms with Crippen LogP contribution in [0.15, 0.2) is 18.2 Å². The molecule has 1 rings (SSSR count). The Morgan fingerprint density at radius 3 is 2.45 bits per heavy atom. The molecule has 0 saturated carbocycles. The lowest BCUT2D eigenvalue weighted by atomic mass is 10.1. The highest BCUT2D eigenvalue weighted by Gasteiger charge is 2.21. The highest BCUT2D eigenvalue weighted by Crippen LogP contribution is 2.20. The summed E-state index contributed by atoms with van der Waals surface area (Å²) in [6, 6.07) is 4.71. The normalized spacial score (nSPS) is 9.90. The summed E-state index contributed by atoms with van der Waals surface area (Å²) in [4.78, 5) is 34.7. The number of rotatable bonds is 6. The van der Waals surface area contributed by atoms with E-state index in [0.717, 1.165) is 10.5 Å². The standard InChI is InChI=1S/C13H16N2O5/c1-8-3-4-9(5-10(8)20-2)13(19)15(6-11(14)16)7-12(17)18/h3-5H,6-7H2,1-2H3,(H2,14,16)(H,17,18). The van der Waals surface area contributed by atoms with E-state index in [4.69, 9.17) is 15.6 Å². The zero-order valence-corrected chi connectivity index (χ0v) is 11.3. The third-order valence-corrected chi connectivity index (χ3v) is 2.62. The van der Waals surface area contributed by atoms with E-state index in [1.165, 1.54) is 19.2 Å². The molecule has 108 valence electrons. The third-order valence-electron chi connectivity index (χ3n) is 2.62. The van der Waals surface area contributed by atoms with Gasteiger partial charge in [0.2, 0.25) is 5.91 Å². The first-order valence-corrected chi connectivity index (χ1v) is 5.79. The SMILES string of the molecule is COc1cc(C(=O)N(CC(N)=O)CC(=O)O)ccc1C. The molecule has 3 N–H and O–H groups in total. The van der Waals surface area contributed by atoms with Crippen LogP contribution in [0.5, 0.6) is 5.75 Å². The number of primary amides is 1. The second-order valence-electron chi connectivity index (χ2n) is 4.21. The molecule has 20 heavy (non-hydrogen) atoms. The van der Waals surface area contributed by atoms with Crippen molar-refractivity contribution in [3.05, 3.63) is 29.3 Å². The van der Waals surface area contributed by atoms with E-state index in [9.17, 15) is 14.4 Å². The fraction of sp³-hybridized carbons (Fsp3) is 0.308. The summed E-state index contributed by atoms with van der Waals surface area (Å²) < 4.78 is 5.10. The number of nitrogens with two attached hydrogens (primary N) is 1. The van der Waals surface area contributed by atoms with Gasteiger partial charge in [-0.15, -0.1) is 0 Å². The predicted octanol–water partition coefficient (Wildman–Crippen LogP) is 0.0157. The number of aryl methyl sites for hydroxylation is 1. The second-order valence-corrected chi connectivity index (χ2v) is 4.21. The zero-order valence-electron chi connectivity index (χ0n) is 11.3. The van der Waals surface area contributed by atoms with Crippen molar-refractivity contribution in [2.45, 2.75) is 6.92 Å². The first-order valence-electron chi connectivity index (χ1n) is 5.79. The highest BCUT2D eigenvalue weighted by molar-refractivity contribution is 5.98. The van der Waals surface area contributed by atoms with Crippen LogP contribution < -0.4 is 10.5 Å². The number of methoxy groups -OCH3 is 1. The minimum absolute atomic E-state index is 0.231. The molecule has 0 aliphatic heterocycles. The molecule has 1 aromatic rings. The van der Waals surface area contributed by atoms with E-state index < -0.39 is 30.9 Å². The van der Waals surface area contributed by atoms with Gasteiger partial charge in [0.25, 0.3) is 5.91 Å². The molecule has 7 heteroatoms. The maximum atomic E-state index is 12.2. The van der Waals surface area contributed by atoms with Gasteiger partial charge in [-0.2, -0.15) is 0 Å². The van der Waals surface area contributed by atoms with Gasteiger partial charge >= 0.3 is 5.97 Å². The number of aliphatic carboxylic acids is 1. The molecule has 0 fully saturated rings. The number of amides is 2. The average Bonchev–Trinajstić information content (AvgIpc) is 2.36. The fourth-order valence-corrected chi connectivity index (χ4v) is 1.69. The van der Waals surface area contributed by atoms with Gasteiger partial charge in [0.05, 0.1) is 7.11 Å². The van der Waals surface area contributed by atoms with E-state index in [2.05, 4.69) is 0 Å². The van der Waals surface area contributed by atoms with E-state index in [0.29, 0.717) is 5.75 Å². The monoisotopic (exact) mass is 280 g/mol. The number of hydrogen-bond donors (Lipinski definition) is 2. The van der Waals surface area contributed by atoms with Gasteiger partial charge in [-0.25, -0.2) is 0 Å². The number of nitrogens with zero attached hydrogens (tertiary/aromatic N) is 1. The van der Waals surface area contributed by atoms with Gasteiger partial charge in [-0.3, -0.25) is 14.4 Å². The fourth-order valence-electron chi connectivity index (χ4n) is 1.69. The van der Waals surface area contributed by atoms with Crippen LogP contribution in [0.2, 0.25) is 0 Å². The molecule has 0 unspecified atom stereocenters. The van der Waals surface area contributed by atoms with Crippen molar-refractivity contribution in [1.82, 2.24) is 4.90 Å². The molecule has 0 aromatic heterocycles. The molecular formula is C13H16N2O5. The van der Waals surface area contributed by atoms with E-state index >= 15 is 0 Å². The van der Waals surface area contributed by atoms with E-state index in [1.807, 2.05) is 6.92 Å². The maximum Gasteiger partial charge on any atom is 0.323 e. The van der Waals surface area contributed by atoms with Crippen molar-refractivity contribution in [3.63, 3.8) is 0 Å². The molecule has 2 amide bonds. The number of carboxylic acid groups (broad SMARTS) is 1. The van der Waals surface area contributed by atoms with E-state index in [1.54, 1.807) is 6.07 Å². The molecule has 0 radical (unpaired) electrons. The second kappa shape index (κ2) is 6.55. The lowest BCUT2D eigenvalue weighted by Crippen LogP contribution is -2.41. The summed E-state index contributed by atoms with van der Waals surface area (Å²) >= 11 is 0. The topological polar surface area (TPSA) is 110 Å². The average molecular weight is 280 g/mol. The van der Waals surface area contributed by atoms with Gasteiger partial charge in [0, 0.05) is 5.56 Å². The van der Waals surface area contributed by atoms with Crippen LogP contribution in [0.25, 0.3) is 0 Å². The zero-order chi connectivity index (χ0) is 15.3. The Kier molecular flexibility index (Phi) is 5.08. The summed E-state index contributed by atoms with van der Waals surface area (Å²) in [6.07, 6.45) is 0. The van der Waals surface area contributed by atoms with Crippen LogP contribution in [0.3, 0.4) is 0 Å². The van der Waals surface area contributed by atoms with Crippen molar-refractivity contribution >= 4 is 17.8 Å². The summed E-state index contributed by atoms with van der Waals surface area (Å²) in [5.41, 5.74) is 6.08. The molecule has 0 spiro atoms. The molecule has 0 bridgehead atoms. The third kappa shape index (κ3) is 3.98. The van der Waals surface area contributed by atoms with Gasteiger partial charge < -0.3 is 20.5 Å². The van der Waals surface area contributed by atoms with Crippen LogP contribution in [0.4, 0.5) is 0 Å². The summed E-state index contributed by atoms with van der Waals surface area (Å²) in [7, 11) is 1.47. The van der Waals surface area contributed by atoms with E-state index in [-0.39, 0.29) is 5.56 Å². The van der Waals surface area contributed by atoms with Crippen LogP contribution in [-0.4, -0.2) is 48.0 Å². The first-order chi connectivity index (χ1) is 9.35. The van der Waals surface area contributed by atoms with Crippen molar-refractivity contribution < 1.29 is 24.2 Å². The summed E-state index contributed by atoms with van der Waals surface area (Å²) in [5.74, 6) is -2.09. The Bertz CT molecular complexity index is 526. The lowest BCUT2D eigenvalue weighted by molar-refractivity contribution is -0.138. The Morgan fingerprint density at radius 2 is 1.95 bits per heavy atom. The molecule has 0 heterocycles. The number of carbonyl (C=O) groups is 3. The quantitative estimate of drug-likeness (QED) is 0.763. The van der Waals surface area contributed by atoms with Crippen molar-refractivity contribution in [1.29, 1.82) is 0 Å². The van der Waals surface area contributed by atoms with Crippen LogP contribution in [0, 0.1) is 6.92 Å². The van der Waals surface area contributed by atoms with Crippen molar-refractivity contribution in [2.75, 3.05) is 20.2 Å². The first kappa shape index (κ1) is 15.5. The smallest absolute Gasteiger partial charge is 0.323 e. The molecule has 7 nitrogen and oxygen atoms in total. The Morgan fingerprint density at radius 1 is 1.30 bits per heavy atom. The number of carboxylic acids is 1. The minimum atomic E-state index is -1.22. The molecule has 0 saturated heterocycles. The minimum Gasteiger partial charge on any atom is -0.496 e. The largest absolute Gasteiger partial charge is 0.496 e. The molecule has 1 aromatic carbocycles. The number of carbonyl (C=O) groups excluding carboxylic acids is 2. The van der Waals surface area contributed by atoms with Gasteiger partial charge in [-0.05, 0) is 24.6 Å². The van der Waals surface area contributed by atoms with Crippen LogP contribution in [-0.2, 0) is 9.59 Å². The number of hydrogen-bond acceptors (Lipinski definition) is 4. The maximum absolute atomic E-state index is 12.2. The van der Waals surface area contributed by atoms with Crippen molar-refractivity contribution in [2.24, 2.45) is 5.73 Å². The van der Waals surface area contributed by atoms with Gasteiger partial charge in [0.1, 0.15) is 18.8 Å². The number of benzene rings is 1.